The van der Waals surface area contributed by atoms with Gasteiger partial charge in [-0.3, -0.25) is 4.79 Å². The van der Waals surface area contributed by atoms with Gasteiger partial charge in [0.2, 0.25) is 5.91 Å². The number of amides is 1. The van der Waals surface area contributed by atoms with E-state index in [9.17, 15) is 26.7 Å². The third-order valence-corrected chi connectivity index (χ3v) is 2.47. The van der Waals surface area contributed by atoms with E-state index < -0.39 is 42.1 Å². The van der Waals surface area contributed by atoms with E-state index in [-0.39, 0.29) is 12.4 Å². The number of benzene rings is 1. The van der Waals surface area contributed by atoms with E-state index in [0.717, 1.165) is 12.1 Å². The molecule has 0 heterocycles. The summed E-state index contributed by atoms with van der Waals surface area (Å²) in [5, 5.41) is 1.67. The van der Waals surface area contributed by atoms with Gasteiger partial charge in [0.05, 0.1) is 6.04 Å². The molecule has 0 spiro atoms. The Hall–Kier alpha value is -1.61. The van der Waals surface area contributed by atoms with Gasteiger partial charge < -0.3 is 15.8 Å². The molecule has 126 valence electrons. The molecule has 1 rings (SSSR count). The van der Waals surface area contributed by atoms with Gasteiger partial charge in [0.1, 0.15) is 5.75 Å². The number of hydrogen-bond acceptors (Lipinski definition) is 3. The zero-order valence-corrected chi connectivity index (χ0v) is 12.0. The molecule has 0 radical (unpaired) electrons. The second-order valence-corrected chi connectivity index (χ2v) is 4.19. The highest BCUT2D eigenvalue weighted by Crippen LogP contribution is 2.37. The molecule has 1 amide bonds. The Balaban J connectivity index is 0.00000441. The number of hydrogen-bond donors (Lipinski definition) is 2. The maximum atomic E-state index is 13.0. The number of rotatable bonds is 5. The highest BCUT2D eigenvalue weighted by atomic mass is 35.5. The lowest BCUT2D eigenvalue weighted by Crippen LogP contribution is -2.45. The van der Waals surface area contributed by atoms with E-state index in [1.54, 1.807) is 5.32 Å². The lowest BCUT2D eigenvalue weighted by molar-refractivity contribution is -0.164. The predicted octanol–water partition coefficient (Wildman–Crippen LogP) is 2.78. The number of alkyl halides is 5. The van der Waals surface area contributed by atoms with E-state index in [1.807, 2.05) is 0 Å². The third kappa shape index (κ3) is 5.64. The molecule has 0 aliphatic rings. The summed E-state index contributed by atoms with van der Waals surface area (Å²) in [7, 11) is 0. The van der Waals surface area contributed by atoms with E-state index in [0.29, 0.717) is 0 Å². The van der Waals surface area contributed by atoms with Gasteiger partial charge >= 0.3 is 12.8 Å². The number of carbonyl (C=O) groups excluding carboxylic acids is 1. The topological polar surface area (TPSA) is 64.4 Å². The van der Waals surface area contributed by atoms with Crippen molar-refractivity contribution in [2.45, 2.75) is 31.8 Å². The van der Waals surface area contributed by atoms with Crippen LogP contribution in [0.25, 0.3) is 0 Å². The van der Waals surface area contributed by atoms with E-state index >= 15 is 0 Å². The van der Waals surface area contributed by atoms with Crippen molar-refractivity contribution in [3.05, 3.63) is 29.8 Å². The standard InChI is InChI=1S/C12H13F5N2O2.ClH/c1-6(18)10(20)19-9(12(15,16)17)7-4-2-3-5-8(7)21-11(13)14;/h2-6,9,11H,18H2,1H3,(H,19,20);1H. The van der Waals surface area contributed by atoms with Gasteiger partial charge in [-0.15, -0.1) is 12.4 Å². The molecule has 0 bridgehead atoms. The summed E-state index contributed by atoms with van der Waals surface area (Å²) >= 11 is 0. The molecule has 1 aromatic rings. The first-order valence-corrected chi connectivity index (χ1v) is 5.79. The van der Waals surface area contributed by atoms with E-state index in [4.69, 9.17) is 5.73 Å². The van der Waals surface area contributed by atoms with Gasteiger partial charge in [0.15, 0.2) is 6.04 Å². The van der Waals surface area contributed by atoms with Gasteiger partial charge in [-0.1, -0.05) is 18.2 Å². The molecule has 1 aromatic carbocycles. The van der Waals surface area contributed by atoms with Crippen molar-refractivity contribution >= 4 is 18.3 Å². The van der Waals surface area contributed by atoms with Gasteiger partial charge in [0.25, 0.3) is 0 Å². The molecular weight excluding hydrogens is 335 g/mol. The van der Waals surface area contributed by atoms with Crippen LogP contribution in [0.3, 0.4) is 0 Å². The molecule has 4 nitrogen and oxygen atoms in total. The Bertz CT molecular complexity index is 497. The minimum absolute atomic E-state index is 0. The maximum Gasteiger partial charge on any atom is 0.413 e. The molecule has 10 heteroatoms. The van der Waals surface area contributed by atoms with E-state index in [2.05, 4.69) is 4.74 Å². The van der Waals surface area contributed by atoms with Crippen molar-refractivity contribution in [3.8, 4) is 5.75 Å². The van der Waals surface area contributed by atoms with Gasteiger partial charge in [-0.25, -0.2) is 0 Å². The first-order valence-electron chi connectivity index (χ1n) is 5.79. The lowest BCUT2D eigenvalue weighted by Gasteiger charge is -2.24. The summed E-state index contributed by atoms with van der Waals surface area (Å²) in [5.74, 6) is -1.73. The molecule has 0 saturated heterocycles. The minimum atomic E-state index is -4.90. The summed E-state index contributed by atoms with van der Waals surface area (Å²) in [5.41, 5.74) is 4.57. The third-order valence-electron chi connectivity index (χ3n) is 2.47. The number of ether oxygens (including phenoxy) is 1. The number of halogens is 6. The predicted molar refractivity (Wildman–Crippen MR) is 70.9 cm³/mol. The van der Waals surface area contributed by atoms with Gasteiger partial charge in [-0.05, 0) is 13.0 Å². The fraction of sp³-hybridized carbons (Fsp3) is 0.417. The van der Waals surface area contributed by atoms with Gasteiger partial charge in [0, 0.05) is 5.56 Å². The van der Waals surface area contributed by atoms with Crippen molar-refractivity contribution in [2.24, 2.45) is 5.73 Å². The fourth-order valence-electron chi connectivity index (χ4n) is 1.53. The first kappa shape index (κ1) is 20.4. The molecule has 3 N–H and O–H groups in total. The molecule has 2 unspecified atom stereocenters. The molecule has 0 aliphatic carbocycles. The van der Waals surface area contributed by atoms with Crippen LogP contribution in [0.15, 0.2) is 24.3 Å². The second kappa shape index (κ2) is 8.14. The highest BCUT2D eigenvalue weighted by molar-refractivity contribution is 5.85. The van der Waals surface area contributed by atoms with Crippen molar-refractivity contribution < 1.29 is 31.5 Å². The molecule has 0 saturated carbocycles. The average molecular weight is 349 g/mol. The lowest BCUT2D eigenvalue weighted by atomic mass is 10.0. The van der Waals surface area contributed by atoms with Gasteiger partial charge in [-0.2, -0.15) is 22.0 Å². The SMILES string of the molecule is CC(N)C(=O)NC(c1ccccc1OC(F)F)C(F)(F)F.Cl. The normalized spacial score (nSPS) is 14.0. The van der Waals surface area contributed by atoms with Crippen LogP contribution in [0.1, 0.15) is 18.5 Å². The van der Waals surface area contributed by atoms with Crippen LogP contribution in [0.2, 0.25) is 0 Å². The Morgan fingerprint density at radius 2 is 1.82 bits per heavy atom. The maximum absolute atomic E-state index is 13.0. The number of para-hydroxylation sites is 1. The number of nitrogens with two attached hydrogens (primary N) is 1. The average Bonchev–Trinajstić information content (AvgIpc) is 2.34. The van der Waals surface area contributed by atoms with Crippen LogP contribution in [-0.2, 0) is 4.79 Å². The second-order valence-electron chi connectivity index (χ2n) is 4.19. The van der Waals surface area contributed by atoms with Crippen molar-refractivity contribution in [2.75, 3.05) is 0 Å². The first-order chi connectivity index (χ1) is 9.62. The van der Waals surface area contributed by atoms with Crippen molar-refractivity contribution in [3.63, 3.8) is 0 Å². The smallest absolute Gasteiger partial charge is 0.413 e. The summed E-state index contributed by atoms with van der Waals surface area (Å²) in [6, 6.07) is 0.672. The van der Waals surface area contributed by atoms with E-state index in [1.165, 1.54) is 19.1 Å². The Morgan fingerprint density at radius 1 is 1.27 bits per heavy atom. The summed E-state index contributed by atoms with van der Waals surface area (Å²) in [6.07, 6.45) is -4.90. The monoisotopic (exact) mass is 348 g/mol. The van der Waals surface area contributed by atoms with Crippen LogP contribution in [0, 0.1) is 0 Å². The molecule has 0 aromatic heterocycles. The zero-order valence-electron chi connectivity index (χ0n) is 11.2. The Morgan fingerprint density at radius 3 is 2.27 bits per heavy atom. The van der Waals surface area contributed by atoms with Crippen LogP contribution in [-0.4, -0.2) is 24.7 Å². The summed E-state index contributed by atoms with van der Waals surface area (Å²) in [4.78, 5) is 11.4. The fourth-order valence-corrected chi connectivity index (χ4v) is 1.53. The largest absolute Gasteiger partial charge is 0.434 e. The van der Waals surface area contributed by atoms with Crippen LogP contribution in [0.5, 0.6) is 5.75 Å². The van der Waals surface area contributed by atoms with Crippen LogP contribution < -0.4 is 15.8 Å². The van der Waals surface area contributed by atoms with Crippen LogP contribution in [0.4, 0.5) is 22.0 Å². The summed E-state index contributed by atoms with van der Waals surface area (Å²) < 4.78 is 67.7. The quantitative estimate of drug-likeness (QED) is 0.804. The van der Waals surface area contributed by atoms with Crippen LogP contribution >= 0.6 is 12.4 Å². The Labute approximate surface area is 129 Å². The number of nitrogens with one attached hydrogen (secondary N) is 1. The number of carbonyl (C=O) groups is 1. The molecule has 0 aliphatic heterocycles. The zero-order chi connectivity index (χ0) is 16.2. The molecule has 22 heavy (non-hydrogen) atoms. The van der Waals surface area contributed by atoms with Crippen molar-refractivity contribution in [1.82, 2.24) is 5.32 Å². The molecule has 2 atom stereocenters. The summed E-state index contributed by atoms with van der Waals surface area (Å²) in [6.45, 7) is -2.09. The molecule has 0 fully saturated rings. The Kier molecular flexibility index (Phi) is 7.54. The van der Waals surface area contributed by atoms with Crippen molar-refractivity contribution in [1.29, 1.82) is 0 Å². The minimum Gasteiger partial charge on any atom is -0.434 e. The molecular formula is C12H14ClF5N2O2. The highest BCUT2D eigenvalue weighted by Gasteiger charge is 2.43.